The Balaban J connectivity index is 0.000000213. The van der Waals surface area contributed by atoms with E-state index in [1.54, 1.807) is 18.3 Å². The fourth-order valence-corrected chi connectivity index (χ4v) is 0.754. The molecule has 0 aliphatic heterocycles. The summed E-state index contributed by atoms with van der Waals surface area (Å²) in [7, 11) is 0. The second-order valence-electron chi connectivity index (χ2n) is 2.20. The van der Waals surface area contributed by atoms with Gasteiger partial charge in [-0.2, -0.15) is 0 Å². The van der Waals surface area contributed by atoms with Gasteiger partial charge in [-0.1, -0.05) is 4.85 Å². The molecule has 0 aliphatic rings. The molecule has 2 aromatic heterocycles. The summed E-state index contributed by atoms with van der Waals surface area (Å²) in [5, 5.41) is 15.9. The first-order valence-corrected chi connectivity index (χ1v) is 4.84. The number of alkyl halides is 2. The van der Waals surface area contributed by atoms with Crippen molar-refractivity contribution < 1.29 is 5.21 Å². The van der Waals surface area contributed by atoms with Crippen LogP contribution in [0.3, 0.4) is 0 Å². The smallest absolute Gasteiger partial charge is 0.219 e. The van der Waals surface area contributed by atoms with Gasteiger partial charge < -0.3 is 5.21 Å². The Morgan fingerprint density at radius 2 is 2.07 bits per heavy atom. The molecule has 2 rings (SSSR count). The zero-order valence-electron chi connectivity index (χ0n) is 7.14. The average molecular weight is 235 g/mol. The fourth-order valence-electron chi connectivity index (χ4n) is 0.754. The molecule has 0 fully saturated rings. The van der Waals surface area contributed by atoms with Crippen molar-refractivity contribution in [2.24, 2.45) is 0 Å². The molecule has 0 bridgehead atoms. The van der Waals surface area contributed by atoms with Gasteiger partial charge in [0.25, 0.3) is 0 Å². The Morgan fingerprint density at radius 3 is 2.64 bits per heavy atom. The Hall–Kier alpha value is -1.07. The summed E-state index contributed by atoms with van der Waals surface area (Å²) in [5.74, 6) is 1.11. The van der Waals surface area contributed by atoms with E-state index in [-0.39, 0.29) is 0 Å². The van der Waals surface area contributed by atoms with Gasteiger partial charge in [-0.3, -0.25) is 0 Å². The molecule has 1 N–H and O–H groups in total. The van der Waals surface area contributed by atoms with Gasteiger partial charge in [0.1, 0.15) is 5.52 Å². The molecule has 76 valence electrons. The molecule has 7 heteroatoms. The Labute approximate surface area is 90.2 Å². The van der Waals surface area contributed by atoms with Gasteiger partial charge in [0.15, 0.2) is 0 Å². The highest BCUT2D eigenvalue weighted by atomic mass is 35.5. The van der Waals surface area contributed by atoms with Crippen molar-refractivity contribution in [3.63, 3.8) is 0 Å². The van der Waals surface area contributed by atoms with E-state index in [2.05, 4.69) is 15.3 Å². The summed E-state index contributed by atoms with van der Waals surface area (Å²) in [4.78, 5) is 4.48. The predicted octanol–water partition coefficient (Wildman–Crippen LogP) is 1.53. The number of fused-ring (bicyclic) bond motifs is 1. The van der Waals surface area contributed by atoms with Crippen LogP contribution in [-0.4, -0.2) is 37.1 Å². The Bertz CT molecular complexity index is 390. The van der Waals surface area contributed by atoms with E-state index in [1.165, 1.54) is 0 Å². The second-order valence-corrected chi connectivity index (χ2v) is 2.96. The summed E-state index contributed by atoms with van der Waals surface area (Å²) < 4.78 is 0. The summed E-state index contributed by atoms with van der Waals surface area (Å²) in [6.45, 7) is 0. The van der Waals surface area contributed by atoms with Gasteiger partial charge in [0.05, 0.1) is 0 Å². The maximum absolute atomic E-state index is 8.89. The molecule has 0 aromatic carbocycles. The Kier molecular flexibility index (Phi) is 4.42. The molecule has 2 heterocycles. The van der Waals surface area contributed by atoms with E-state index in [4.69, 9.17) is 28.4 Å². The standard InChI is InChI=1S/C5H4N4O.C2H4Cl2/c10-9-5-4(7-8-9)2-1-3-6-5;3-1-2-4/h1-3,10H;1-2H2. The predicted molar refractivity (Wildman–Crippen MR) is 53.9 cm³/mol. The highest BCUT2D eigenvalue weighted by molar-refractivity contribution is 6.25. The minimum Gasteiger partial charge on any atom is -0.409 e. The fraction of sp³-hybridized carbons (Fsp3) is 0.286. The number of hydrogen-bond acceptors (Lipinski definition) is 4. The topological polar surface area (TPSA) is 63.8 Å². The monoisotopic (exact) mass is 234 g/mol. The molecule has 0 radical (unpaired) electrons. The molecule has 0 spiro atoms. The number of nitrogens with zero attached hydrogens (tertiary/aromatic N) is 4. The molecule has 14 heavy (non-hydrogen) atoms. The van der Waals surface area contributed by atoms with Gasteiger partial charge in [-0.15, -0.1) is 28.3 Å². The third-order valence-electron chi connectivity index (χ3n) is 1.26. The third kappa shape index (κ3) is 2.71. The Morgan fingerprint density at radius 1 is 1.36 bits per heavy atom. The van der Waals surface area contributed by atoms with Crippen LogP contribution in [-0.2, 0) is 0 Å². The van der Waals surface area contributed by atoms with Crippen LogP contribution >= 0.6 is 23.2 Å². The van der Waals surface area contributed by atoms with Crippen molar-refractivity contribution in [3.8, 4) is 0 Å². The lowest BCUT2D eigenvalue weighted by molar-refractivity contribution is 0.153. The van der Waals surface area contributed by atoms with E-state index in [0.717, 1.165) is 0 Å². The van der Waals surface area contributed by atoms with Crippen LogP contribution < -0.4 is 0 Å². The van der Waals surface area contributed by atoms with Crippen LogP contribution in [0.4, 0.5) is 0 Å². The highest BCUT2D eigenvalue weighted by Gasteiger charge is 2.00. The second kappa shape index (κ2) is 5.62. The van der Waals surface area contributed by atoms with Crippen LogP contribution in [0.5, 0.6) is 0 Å². The molecule has 2 aromatic rings. The SMILES string of the molecule is ClCCCl.On1nnc2cccnc21. The molecular formula is C7H8Cl2N4O. The van der Waals surface area contributed by atoms with Crippen LogP contribution in [0.15, 0.2) is 18.3 Å². The molecule has 0 atom stereocenters. The normalized spacial score (nSPS) is 9.57. The number of pyridine rings is 1. The van der Waals surface area contributed by atoms with Gasteiger partial charge in [-0.25, -0.2) is 4.98 Å². The summed E-state index contributed by atoms with van der Waals surface area (Å²) in [5.41, 5.74) is 0.965. The van der Waals surface area contributed by atoms with Crippen LogP contribution in [0.1, 0.15) is 0 Å². The van der Waals surface area contributed by atoms with Crippen LogP contribution in [0, 0.1) is 0 Å². The average Bonchev–Trinajstić information content (AvgIpc) is 2.62. The maximum Gasteiger partial charge on any atom is 0.219 e. The molecule has 0 amide bonds. The van der Waals surface area contributed by atoms with Gasteiger partial charge in [-0.05, 0) is 17.3 Å². The summed E-state index contributed by atoms with van der Waals surface area (Å²) in [6.07, 6.45) is 1.57. The highest BCUT2D eigenvalue weighted by Crippen LogP contribution is 2.02. The minimum atomic E-state index is 0.377. The van der Waals surface area contributed by atoms with Crippen LogP contribution in [0.2, 0.25) is 0 Å². The minimum absolute atomic E-state index is 0.377. The molecule has 0 saturated carbocycles. The van der Waals surface area contributed by atoms with Crippen molar-refractivity contribution >= 4 is 34.4 Å². The van der Waals surface area contributed by atoms with E-state index in [9.17, 15) is 0 Å². The van der Waals surface area contributed by atoms with Crippen molar-refractivity contribution in [1.82, 2.24) is 20.1 Å². The lowest BCUT2D eigenvalue weighted by atomic mass is 10.4. The molecule has 0 aliphatic carbocycles. The quantitative estimate of drug-likeness (QED) is 0.601. The number of hydrogen-bond donors (Lipinski definition) is 1. The van der Waals surface area contributed by atoms with Gasteiger partial charge in [0, 0.05) is 18.0 Å². The van der Waals surface area contributed by atoms with Crippen molar-refractivity contribution in [2.45, 2.75) is 0 Å². The van der Waals surface area contributed by atoms with E-state index in [1.807, 2.05) is 0 Å². The van der Waals surface area contributed by atoms with Crippen LogP contribution in [0.25, 0.3) is 11.2 Å². The number of rotatable bonds is 1. The van der Waals surface area contributed by atoms with E-state index in [0.29, 0.717) is 27.8 Å². The molecule has 0 unspecified atom stereocenters. The molecule has 5 nitrogen and oxygen atoms in total. The largest absolute Gasteiger partial charge is 0.409 e. The number of halogens is 2. The first-order chi connectivity index (χ1) is 6.79. The molecular weight excluding hydrogens is 227 g/mol. The van der Waals surface area contributed by atoms with Crippen molar-refractivity contribution in [3.05, 3.63) is 18.3 Å². The first-order valence-electron chi connectivity index (χ1n) is 3.77. The van der Waals surface area contributed by atoms with Crippen molar-refractivity contribution in [1.29, 1.82) is 0 Å². The number of aromatic nitrogens is 4. The van der Waals surface area contributed by atoms with Gasteiger partial charge in [0.2, 0.25) is 5.65 Å². The zero-order chi connectivity index (χ0) is 10.4. The van der Waals surface area contributed by atoms with E-state index >= 15 is 0 Å². The lowest BCUT2D eigenvalue weighted by Crippen LogP contribution is -1.92. The zero-order valence-corrected chi connectivity index (χ0v) is 8.65. The summed E-state index contributed by atoms with van der Waals surface area (Å²) >= 11 is 10.1. The maximum atomic E-state index is 8.89. The van der Waals surface area contributed by atoms with Gasteiger partial charge >= 0.3 is 0 Å². The van der Waals surface area contributed by atoms with E-state index < -0.39 is 0 Å². The molecule has 0 saturated heterocycles. The first kappa shape index (κ1) is 11.0. The third-order valence-corrected chi connectivity index (χ3v) is 1.84. The summed E-state index contributed by atoms with van der Waals surface area (Å²) in [6, 6.07) is 3.46. The van der Waals surface area contributed by atoms with Crippen molar-refractivity contribution in [2.75, 3.05) is 11.8 Å². The lowest BCUT2D eigenvalue weighted by Gasteiger charge is -1.85.